The number of carbonyl (C=O) groups is 2. The molecule has 1 amide bonds. The second-order valence-electron chi connectivity index (χ2n) is 6.89. The summed E-state index contributed by atoms with van der Waals surface area (Å²) < 4.78 is 5.76. The van der Waals surface area contributed by atoms with Gasteiger partial charge in [0.05, 0.1) is 27.7 Å². The fourth-order valence-electron chi connectivity index (χ4n) is 3.15. The Hall–Kier alpha value is -2.73. The molecule has 0 radical (unpaired) electrons. The van der Waals surface area contributed by atoms with Gasteiger partial charge in [0.1, 0.15) is 0 Å². The molecule has 0 aliphatic heterocycles. The number of carbonyl (C=O) groups excluding carboxylic acids is 2. The Morgan fingerprint density at radius 1 is 1.11 bits per heavy atom. The number of para-hydroxylation sites is 1. The Morgan fingerprint density at radius 3 is 2.54 bits per heavy atom. The van der Waals surface area contributed by atoms with Crippen LogP contribution in [0.25, 0.3) is 10.2 Å². The molecule has 5 nitrogen and oxygen atoms in total. The zero-order valence-corrected chi connectivity index (χ0v) is 16.9. The van der Waals surface area contributed by atoms with Gasteiger partial charge in [0.25, 0.3) is 0 Å². The molecule has 6 heteroatoms. The van der Waals surface area contributed by atoms with Gasteiger partial charge in [0.15, 0.2) is 0 Å². The molecule has 1 unspecified atom stereocenters. The van der Waals surface area contributed by atoms with Crippen molar-refractivity contribution in [3.63, 3.8) is 0 Å². The lowest BCUT2D eigenvalue weighted by Gasteiger charge is -2.28. The number of methoxy groups -OCH3 is 1. The Kier molecular flexibility index (Phi) is 6.41. The van der Waals surface area contributed by atoms with Crippen LogP contribution in [-0.4, -0.2) is 30.5 Å². The number of rotatable bonds is 8. The summed E-state index contributed by atoms with van der Waals surface area (Å²) in [4.78, 5) is 29.1. The number of hydrogen-bond donors (Lipinski definition) is 1. The Bertz CT molecular complexity index is 922. The number of esters is 1. The minimum absolute atomic E-state index is 0.0668. The number of benzene rings is 2. The molecule has 0 saturated heterocycles. The average molecular weight is 397 g/mol. The normalized spacial score (nSPS) is 13.1. The quantitative estimate of drug-likeness (QED) is 0.464. The monoisotopic (exact) mass is 396 g/mol. The van der Waals surface area contributed by atoms with E-state index in [-0.39, 0.29) is 18.3 Å². The molecule has 2 aromatic carbocycles. The minimum atomic E-state index is -0.750. The van der Waals surface area contributed by atoms with Gasteiger partial charge >= 0.3 is 5.97 Å². The number of hydrogen-bond acceptors (Lipinski definition) is 5. The summed E-state index contributed by atoms with van der Waals surface area (Å²) in [5, 5.41) is 3.91. The number of ether oxygens (including phenoxy) is 1. The molecule has 3 rings (SSSR count). The fourth-order valence-corrected chi connectivity index (χ4v) is 4.27. The van der Waals surface area contributed by atoms with E-state index in [9.17, 15) is 9.59 Å². The predicted octanol–water partition coefficient (Wildman–Crippen LogP) is 3.87. The minimum Gasteiger partial charge on any atom is -0.469 e. The van der Waals surface area contributed by atoms with Gasteiger partial charge in [-0.05, 0) is 31.0 Å². The number of fused-ring (bicyclic) bond motifs is 1. The van der Waals surface area contributed by atoms with Crippen molar-refractivity contribution in [2.24, 2.45) is 0 Å². The van der Waals surface area contributed by atoms with Crippen molar-refractivity contribution in [1.82, 2.24) is 10.3 Å². The van der Waals surface area contributed by atoms with Crippen LogP contribution in [0.1, 0.15) is 30.3 Å². The molecule has 1 atom stereocenters. The lowest BCUT2D eigenvalue weighted by atomic mass is 9.78. The molecule has 0 aliphatic carbocycles. The fraction of sp³-hybridized carbons (Fsp3) is 0.318. The zero-order valence-electron chi connectivity index (χ0n) is 16.1. The summed E-state index contributed by atoms with van der Waals surface area (Å²) in [6.07, 6.45) is 1.35. The summed E-state index contributed by atoms with van der Waals surface area (Å²) in [6, 6.07) is 17.8. The molecule has 0 saturated carbocycles. The third-order valence-electron chi connectivity index (χ3n) is 4.83. The van der Waals surface area contributed by atoms with Crippen LogP contribution in [0, 0.1) is 0 Å². The molecular weight excluding hydrogens is 372 g/mol. The molecule has 3 aromatic rings. The maximum atomic E-state index is 13.1. The van der Waals surface area contributed by atoms with Gasteiger partial charge in [0.2, 0.25) is 5.91 Å². The lowest BCUT2D eigenvalue weighted by Crippen LogP contribution is -2.44. The van der Waals surface area contributed by atoms with Crippen LogP contribution in [0.3, 0.4) is 0 Å². The molecule has 1 aromatic heterocycles. The van der Waals surface area contributed by atoms with E-state index in [4.69, 9.17) is 4.98 Å². The molecule has 28 heavy (non-hydrogen) atoms. The topological polar surface area (TPSA) is 68.3 Å². The van der Waals surface area contributed by atoms with Gasteiger partial charge < -0.3 is 10.1 Å². The van der Waals surface area contributed by atoms with E-state index in [0.29, 0.717) is 19.4 Å². The Morgan fingerprint density at radius 2 is 1.82 bits per heavy atom. The molecule has 146 valence electrons. The molecule has 1 heterocycles. The van der Waals surface area contributed by atoms with Crippen LogP contribution in [0.5, 0.6) is 0 Å². The van der Waals surface area contributed by atoms with Crippen molar-refractivity contribution in [1.29, 1.82) is 0 Å². The molecular formula is C22H24N2O3S. The van der Waals surface area contributed by atoms with Crippen molar-refractivity contribution in [2.45, 2.75) is 31.6 Å². The van der Waals surface area contributed by atoms with Crippen LogP contribution in [-0.2, 0) is 26.2 Å². The first-order chi connectivity index (χ1) is 13.5. The summed E-state index contributed by atoms with van der Waals surface area (Å²) in [7, 11) is 1.37. The maximum absolute atomic E-state index is 13.1. The molecule has 0 aliphatic rings. The highest BCUT2D eigenvalue weighted by Gasteiger charge is 2.36. The van der Waals surface area contributed by atoms with Gasteiger partial charge in [-0.1, -0.05) is 42.5 Å². The number of nitrogens with one attached hydrogen (secondary N) is 1. The molecule has 0 spiro atoms. The second-order valence-corrected chi connectivity index (χ2v) is 8.00. The van der Waals surface area contributed by atoms with Crippen molar-refractivity contribution in [3.8, 4) is 0 Å². The lowest BCUT2D eigenvalue weighted by molar-refractivity contribution is -0.140. The van der Waals surface area contributed by atoms with E-state index in [1.807, 2.05) is 61.5 Å². The maximum Gasteiger partial charge on any atom is 0.305 e. The van der Waals surface area contributed by atoms with E-state index in [1.165, 1.54) is 7.11 Å². The highest BCUT2D eigenvalue weighted by molar-refractivity contribution is 7.18. The van der Waals surface area contributed by atoms with E-state index < -0.39 is 5.41 Å². The number of aromatic nitrogens is 1. The van der Waals surface area contributed by atoms with E-state index >= 15 is 0 Å². The molecule has 0 fully saturated rings. The third kappa shape index (κ3) is 4.57. The SMILES string of the molecule is COC(=O)CCCNC(=O)C(C)(Cc1nc2ccccc2s1)c1ccccc1. The van der Waals surface area contributed by atoms with Gasteiger partial charge in [-0.25, -0.2) is 4.98 Å². The van der Waals surface area contributed by atoms with Crippen molar-refractivity contribution in [3.05, 3.63) is 65.2 Å². The van der Waals surface area contributed by atoms with Crippen LogP contribution < -0.4 is 5.32 Å². The molecule has 1 N–H and O–H groups in total. The van der Waals surface area contributed by atoms with Crippen LogP contribution in [0.15, 0.2) is 54.6 Å². The summed E-state index contributed by atoms with van der Waals surface area (Å²) in [6.45, 7) is 2.38. The van der Waals surface area contributed by atoms with Crippen molar-refractivity contribution < 1.29 is 14.3 Å². The van der Waals surface area contributed by atoms with Gasteiger partial charge in [-0.15, -0.1) is 11.3 Å². The third-order valence-corrected chi connectivity index (χ3v) is 5.86. The smallest absolute Gasteiger partial charge is 0.305 e. The summed E-state index contributed by atoms with van der Waals surface area (Å²) in [5.74, 6) is -0.336. The highest BCUT2D eigenvalue weighted by Crippen LogP contribution is 2.32. The average Bonchev–Trinajstić information content (AvgIpc) is 3.13. The van der Waals surface area contributed by atoms with Crippen LogP contribution >= 0.6 is 11.3 Å². The number of thiazole rings is 1. The Labute approximate surface area is 168 Å². The number of nitrogens with zero attached hydrogens (tertiary/aromatic N) is 1. The first-order valence-corrected chi connectivity index (χ1v) is 10.1. The van der Waals surface area contributed by atoms with Gasteiger partial charge in [-0.2, -0.15) is 0 Å². The van der Waals surface area contributed by atoms with Crippen LogP contribution in [0.2, 0.25) is 0 Å². The zero-order chi connectivity index (χ0) is 20.0. The van der Waals surface area contributed by atoms with Crippen molar-refractivity contribution in [2.75, 3.05) is 13.7 Å². The number of amides is 1. The Balaban J connectivity index is 1.79. The van der Waals surface area contributed by atoms with E-state index in [0.717, 1.165) is 20.8 Å². The largest absolute Gasteiger partial charge is 0.469 e. The highest BCUT2D eigenvalue weighted by atomic mass is 32.1. The predicted molar refractivity (Wildman–Crippen MR) is 111 cm³/mol. The van der Waals surface area contributed by atoms with E-state index in [1.54, 1.807) is 11.3 Å². The van der Waals surface area contributed by atoms with Crippen LogP contribution in [0.4, 0.5) is 0 Å². The summed E-state index contributed by atoms with van der Waals surface area (Å²) in [5.41, 5.74) is 1.15. The molecule has 0 bridgehead atoms. The van der Waals surface area contributed by atoms with E-state index in [2.05, 4.69) is 10.1 Å². The van der Waals surface area contributed by atoms with Crippen molar-refractivity contribution >= 4 is 33.4 Å². The first-order valence-electron chi connectivity index (χ1n) is 9.28. The second kappa shape index (κ2) is 8.97. The first kappa shape index (κ1) is 20.0. The van der Waals surface area contributed by atoms with Gasteiger partial charge in [-0.3, -0.25) is 9.59 Å². The summed E-state index contributed by atoms with van der Waals surface area (Å²) >= 11 is 1.62. The van der Waals surface area contributed by atoms with Gasteiger partial charge in [0, 0.05) is 19.4 Å². The standard InChI is InChI=1S/C22H24N2O3S/c1-22(16-9-4-3-5-10-16,21(26)23-14-8-13-20(25)27-2)15-19-24-17-11-6-7-12-18(17)28-19/h3-7,9-12H,8,13-15H2,1-2H3,(H,23,26).